The molecule has 1 aliphatic heterocycles. The quantitative estimate of drug-likeness (QED) is 0.440. The van der Waals surface area contributed by atoms with E-state index in [0.29, 0.717) is 10.6 Å². The van der Waals surface area contributed by atoms with Gasteiger partial charge in [0.2, 0.25) is 0 Å². The van der Waals surface area contributed by atoms with Crippen LogP contribution in [-0.2, 0) is 4.74 Å². The molecule has 10 nitrogen and oxygen atoms in total. The summed E-state index contributed by atoms with van der Waals surface area (Å²) in [6.07, 6.45) is -2.73. The molecule has 0 saturated carbocycles. The molecule has 3 heterocycles. The highest BCUT2D eigenvalue weighted by Gasteiger charge is 2.46. The first-order valence-corrected chi connectivity index (χ1v) is 10.7. The maximum atomic E-state index is 13.6. The van der Waals surface area contributed by atoms with Crippen LogP contribution < -0.4 is 0 Å². The molecule has 0 radical (unpaired) electrons. The van der Waals surface area contributed by atoms with Crippen LogP contribution in [0.5, 0.6) is 0 Å². The largest absolute Gasteiger partial charge is 0.394 e. The van der Waals surface area contributed by atoms with Crippen molar-refractivity contribution in [3.8, 4) is 17.3 Å². The molecule has 34 heavy (non-hydrogen) atoms. The summed E-state index contributed by atoms with van der Waals surface area (Å²) in [5.41, 5.74) is -0.491. The fourth-order valence-electron chi connectivity index (χ4n) is 3.48. The van der Waals surface area contributed by atoms with Crippen molar-refractivity contribution in [3.05, 3.63) is 53.1 Å². The van der Waals surface area contributed by atoms with Gasteiger partial charge >= 0.3 is 0 Å². The third kappa shape index (κ3) is 4.48. The Labute approximate surface area is 194 Å². The monoisotopic (exact) mass is 494 g/mol. The number of ether oxygens (including phenoxy) is 1. The number of hydrogen-bond donors (Lipinski definition) is 3. The molecule has 3 N–H and O–H groups in total. The number of rotatable bonds is 5. The third-order valence-electron chi connectivity index (χ3n) is 5.25. The van der Waals surface area contributed by atoms with Crippen LogP contribution in [0.1, 0.15) is 17.3 Å². The topological polar surface area (TPSA) is 150 Å². The molecule has 2 unspecified atom stereocenters. The van der Waals surface area contributed by atoms with Gasteiger partial charge in [-0.2, -0.15) is 5.26 Å². The van der Waals surface area contributed by atoms with E-state index in [4.69, 9.17) is 10.00 Å². The molecule has 0 amide bonds. The molecule has 0 bridgehead atoms. The zero-order valence-electron chi connectivity index (χ0n) is 17.4. The first-order valence-electron chi connectivity index (χ1n) is 9.83. The van der Waals surface area contributed by atoms with Crippen LogP contribution >= 0.6 is 11.8 Å². The lowest BCUT2D eigenvalue weighted by atomic mass is 9.97. The second-order valence-corrected chi connectivity index (χ2v) is 8.60. The highest BCUT2D eigenvalue weighted by molar-refractivity contribution is 7.99. The molecule has 0 aliphatic carbocycles. The van der Waals surface area contributed by atoms with Crippen LogP contribution in [0.3, 0.4) is 0 Å². The minimum Gasteiger partial charge on any atom is -0.394 e. The lowest BCUT2D eigenvalue weighted by Crippen LogP contribution is -2.55. The van der Waals surface area contributed by atoms with E-state index in [9.17, 15) is 28.5 Å². The summed E-state index contributed by atoms with van der Waals surface area (Å²) >= 11 is 0.954. The third-order valence-corrected chi connectivity index (χ3v) is 6.31. The van der Waals surface area contributed by atoms with E-state index in [1.54, 1.807) is 13.0 Å². The number of benzene rings is 1. The highest BCUT2D eigenvalue weighted by atomic mass is 32.2. The van der Waals surface area contributed by atoms with Gasteiger partial charge in [-0.1, -0.05) is 17.0 Å². The Hall–Kier alpha value is -3.09. The predicted molar refractivity (Wildman–Crippen MR) is 109 cm³/mol. The Morgan fingerprint density at radius 3 is 2.44 bits per heavy atom. The van der Waals surface area contributed by atoms with E-state index in [1.807, 2.05) is 6.07 Å². The predicted octanol–water partition coefficient (Wildman–Crippen LogP) is 1.10. The summed E-state index contributed by atoms with van der Waals surface area (Å²) in [5, 5.41) is 56.0. The van der Waals surface area contributed by atoms with Crippen molar-refractivity contribution in [2.45, 2.75) is 41.7 Å². The van der Waals surface area contributed by atoms with Crippen molar-refractivity contribution >= 4 is 11.8 Å². The van der Waals surface area contributed by atoms with Gasteiger partial charge in [-0.15, -0.1) is 15.3 Å². The molecular weight excluding hydrogens is 477 g/mol. The van der Waals surface area contributed by atoms with E-state index in [0.717, 1.165) is 28.6 Å². The van der Waals surface area contributed by atoms with Crippen molar-refractivity contribution in [3.63, 3.8) is 0 Å². The minimum atomic E-state index is -1.63. The number of hydrogen-bond acceptors (Lipinski definition) is 10. The zero-order valence-corrected chi connectivity index (χ0v) is 18.2. The van der Waals surface area contributed by atoms with Crippen LogP contribution in [0.2, 0.25) is 0 Å². The lowest BCUT2D eigenvalue weighted by Gasteiger charge is -2.41. The highest BCUT2D eigenvalue weighted by Crippen LogP contribution is 2.38. The first kappa shape index (κ1) is 24.0. The van der Waals surface area contributed by atoms with Crippen molar-refractivity contribution in [1.82, 2.24) is 25.2 Å². The van der Waals surface area contributed by atoms with E-state index in [-0.39, 0.29) is 17.0 Å². The van der Waals surface area contributed by atoms with E-state index < -0.39 is 53.8 Å². The van der Waals surface area contributed by atoms with E-state index in [1.165, 1.54) is 6.20 Å². The number of aromatic nitrogens is 5. The lowest BCUT2D eigenvalue weighted by molar-refractivity contribution is -0.178. The number of nitriles is 1. The molecule has 1 saturated heterocycles. The Morgan fingerprint density at radius 1 is 1.12 bits per heavy atom. The zero-order chi connectivity index (χ0) is 24.6. The standard InChI is InChI=1S/C20H17F3N6O4S/c1-8-2-15(27-25-12(8)5-24)34-20-19(32)17(18(31)14(7-30)33-20)29-6-13(26-28-29)9-3-10(21)16(23)11(22)4-9/h2-4,6,14,17-20,30-32H,7H2,1H3/t14?,17-,18-,19?,20+/m0/s1. The summed E-state index contributed by atoms with van der Waals surface area (Å²) in [7, 11) is 0. The van der Waals surface area contributed by atoms with E-state index in [2.05, 4.69) is 20.5 Å². The van der Waals surface area contributed by atoms with Gasteiger partial charge < -0.3 is 20.1 Å². The Kier molecular flexibility index (Phi) is 6.82. The molecular formula is C20H17F3N6O4S. The average Bonchev–Trinajstić information content (AvgIpc) is 3.29. The van der Waals surface area contributed by atoms with Gasteiger partial charge in [-0.05, 0) is 30.7 Å². The summed E-state index contributed by atoms with van der Waals surface area (Å²) in [4.78, 5) is 0. The van der Waals surface area contributed by atoms with Crippen molar-refractivity contribution in [1.29, 1.82) is 5.26 Å². The van der Waals surface area contributed by atoms with Crippen molar-refractivity contribution in [2.24, 2.45) is 0 Å². The molecule has 0 spiro atoms. The normalized spacial score (nSPS) is 24.7. The fraction of sp³-hybridized carbons (Fsp3) is 0.350. The number of aliphatic hydroxyl groups is 3. The van der Waals surface area contributed by atoms with Gasteiger partial charge in [-0.25, -0.2) is 17.9 Å². The second kappa shape index (κ2) is 9.65. The molecule has 5 atom stereocenters. The summed E-state index contributed by atoms with van der Waals surface area (Å²) in [6.45, 7) is 1.08. The van der Waals surface area contributed by atoms with Gasteiger partial charge in [-0.3, -0.25) is 0 Å². The van der Waals surface area contributed by atoms with E-state index >= 15 is 0 Å². The summed E-state index contributed by atoms with van der Waals surface area (Å²) in [6, 6.07) is 3.78. The Bertz CT molecular complexity index is 1230. The van der Waals surface area contributed by atoms with Crippen LogP contribution in [0.15, 0.2) is 29.4 Å². The Balaban J connectivity index is 1.63. The number of aryl methyl sites for hydroxylation is 1. The summed E-state index contributed by atoms with van der Waals surface area (Å²) in [5.74, 6) is -4.45. The molecule has 4 rings (SSSR count). The average molecular weight is 494 g/mol. The van der Waals surface area contributed by atoms with Gasteiger partial charge in [0.25, 0.3) is 0 Å². The number of nitrogens with zero attached hydrogens (tertiary/aromatic N) is 6. The molecule has 14 heteroatoms. The number of aliphatic hydroxyl groups excluding tert-OH is 3. The number of thioether (sulfide) groups is 1. The van der Waals surface area contributed by atoms with Crippen LogP contribution in [0.4, 0.5) is 13.2 Å². The summed E-state index contributed by atoms with van der Waals surface area (Å²) < 4.78 is 47.2. The van der Waals surface area contributed by atoms with Crippen LogP contribution in [-0.4, -0.2) is 70.9 Å². The molecule has 178 valence electrons. The molecule has 3 aromatic rings. The van der Waals surface area contributed by atoms with Crippen LogP contribution in [0.25, 0.3) is 11.3 Å². The smallest absolute Gasteiger partial charge is 0.194 e. The fourth-order valence-corrected chi connectivity index (χ4v) is 4.55. The van der Waals surface area contributed by atoms with Gasteiger partial charge in [0.05, 0.1) is 12.8 Å². The van der Waals surface area contributed by atoms with Gasteiger partial charge in [0.1, 0.15) is 46.6 Å². The SMILES string of the molecule is Cc1cc(S[C@H]2OC(CO)[C@H](O)[C@H](n3cc(-c4cc(F)c(F)c(F)c4)nn3)C2O)nnc1C#N. The number of halogens is 3. The maximum absolute atomic E-state index is 13.6. The van der Waals surface area contributed by atoms with Crippen LogP contribution in [0, 0.1) is 35.7 Å². The van der Waals surface area contributed by atoms with Crippen molar-refractivity contribution < 1.29 is 33.2 Å². The minimum absolute atomic E-state index is 0.0398. The maximum Gasteiger partial charge on any atom is 0.194 e. The van der Waals surface area contributed by atoms with Gasteiger partial charge in [0.15, 0.2) is 23.1 Å². The molecule has 1 aliphatic rings. The van der Waals surface area contributed by atoms with Gasteiger partial charge in [0, 0.05) is 5.56 Å². The molecule has 1 fully saturated rings. The molecule has 2 aromatic heterocycles. The first-order chi connectivity index (χ1) is 16.2. The van der Waals surface area contributed by atoms with Crippen molar-refractivity contribution in [2.75, 3.05) is 6.61 Å². The molecule has 1 aromatic carbocycles. The Morgan fingerprint density at radius 2 is 1.82 bits per heavy atom. The second-order valence-electron chi connectivity index (χ2n) is 7.48.